The highest BCUT2D eigenvalue weighted by Gasteiger charge is 2.18. The SMILES string of the molecule is CCC(=O)Nc1ccc(C)c(S(=O)(=O)Nc2ccc(Cl)cc2)c1. The third kappa shape index (κ3) is 4.46. The summed E-state index contributed by atoms with van der Waals surface area (Å²) in [5, 5.41) is 3.18. The fraction of sp³-hybridized carbons (Fsp3) is 0.188. The maximum atomic E-state index is 12.6. The first-order valence-corrected chi connectivity index (χ1v) is 8.87. The largest absolute Gasteiger partial charge is 0.326 e. The van der Waals surface area contributed by atoms with Crippen LogP contribution >= 0.6 is 11.6 Å². The Labute approximate surface area is 140 Å². The molecule has 0 saturated carbocycles. The number of sulfonamides is 1. The van der Waals surface area contributed by atoms with Gasteiger partial charge in [-0.1, -0.05) is 24.6 Å². The average Bonchev–Trinajstić information content (AvgIpc) is 2.51. The van der Waals surface area contributed by atoms with Crippen molar-refractivity contribution in [3.63, 3.8) is 0 Å². The number of aryl methyl sites for hydroxylation is 1. The highest BCUT2D eigenvalue weighted by molar-refractivity contribution is 7.92. The monoisotopic (exact) mass is 352 g/mol. The molecule has 0 fully saturated rings. The minimum Gasteiger partial charge on any atom is -0.326 e. The average molecular weight is 353 g/mol. The Morgan fingerprint density at radius 2 is 1.70 bits per heavy atom. The predicted octanol–water partition coefficient (Wildman–Crippen LogP) is 3.80. The zero-order chi connectivity index (χ0) is 17.0. The number of amides is 1. The van der Waals surface area contributed by atoms with Crippen LogP contribution in [0, 0.1) is 6.92 Å². The van der Waals surface area contributed by atoms with Crippen LogP contribution in [-0.4, -0.2) is 14.3 Å². The molecule has 0 heterocycles. The van der Waals surface area contributed by atoms with Gasteiger partial charge in [-0.3, -0.25) is 9.52 Å². The molecule has 0 spiro atoms. The first kappa shape index (κ1) is 17.3. The Kier molecular flexibility index (Phi) is 5.28. The van der Waals surface area contributed by atoms with Gasteiger partial charge in [0.1, 0.15) is 0 Å². The lowest BCUT2D eigenvalue weighted by Gasteiger charge is -2.12. The van der Waals surface area contributed by atoms with Gasteiger partial charge in [-0.05, 0) is 48.9 Å². The smallest absolute Gasteiger partial charge is 0.262 e. The summed E-state index contributed by atoms with van der Waals surface area (Å²) in [6.07, 6.45) is 0.318. The Bertz CT molecular complexity index is 818. The van der Waals surface area contributed by atoms with Crippen molar-refractivity contribution in [1.29, 1.82) is 0 Å². The van der Waals surface area contributed by atoms with Gasteiger partial charge in [0.05, 0.1) is 4.90 Å². The molecular weight excluding hydrogens is 336 g/mol. The molecular formula is C16H17ClN2O3S. The van der Waals surface area contributed by atoms with Crippen molar-refractivity contribution in [2.24, 2.45) is 0 Å². The molecule has 7 heteroatoms. The molecule has 0 aliphatic carbocycles. The summed E-state index contributed by atoms with van der Waals surface area (Å²) in [4.78, 5) is 11.6. The normalized spacial score (nSPS) is 11.1. The van der Waals surface area contributed by atoms with Gasteiger partial charge in [0.15, 0.2) is 0 Å². The number of hydrogen-bond donors (Lipinski definition) is 2. The van der Waals surface area contributed by atoms with Crippen molar-refractivity contribution in [3.05, 3.63) is 53.1 Å². The molecule has 2 aromatic rings. The van der Waals surface area contributed by atoms with E-state index in [1.165, 1.54) is 6.07 Å². The zero-order valence-corrected chi connectivity index (χ0v) is 14.3. The van der Waals surface area contributed by atoms with E-state index in [9.17, 15) is 13.2 Å². The van der Waals surface area contributed by atoms with Crippen LogP contribution in [0.4, 0.5) is 11.4 Å². The third-order valence-electron chi connectivity index (χ3n) is 3.18. The van der Waals surface area contributed by atoms with Gasteiger partial charge >= 0.3 is 0 Å². The van der Waals surface area contributed by atoms with Crippen LogP contribution in [-0.2, 0) is 14.8 Å². The summed E-state index contributed by atoms with van der Waals surface area (Å²) in [6, 6.07) is 11.1. The number of carbonyl (C=O) groups is 1. The van der Waals surface area contributed by atoms with E-state index < -0.39 is 10.0 Å². The van der Waals surface area contributed by atoms with E-state index in [0.29, 0.717) is 28.4 Å². The minimum atomic E-state index is -3.77. The van der Waals surface area contributed by atoms with Crippen molar-refractivity contribution in [2.45, 2.75) is 25.2 Å². The Morgan fingerprint density at radius 1 is 1.09 bits per heavy atom. The summed E-state index contributed by atoms with van der Waals surface area (Å²) in [5.41, 5.74) is 1.44. The summed E-state index contributed by atoms with van der Waals surface area (Å²) in [5.74, 6) is -0.178. The maximum Gasteiger partial charge on any atom is 0.262 e. The molecule has 5 nitrogen and oxygen atoms in total. The zero-order valence-electron chi connectivity index (χ0n) is 12.8. The topological polar surface area (TPSA) is 75.3 Å². The maximum absolute atomic E-state index is 12.6. The molecule has 0 unspecified atom stereocenters. The second kappa shape index (κ2) is 7.02. The van der Waals surface area contributed by atoms with E-state index in [2.05, 4.69) is 10.0 Å². The first-order chi connectivity index (χ1) is 10.8. The Morgan fingerprint density at radius 3 is 2.30 bits per heavy atom. The first-order valence-electron chi connectivity index (χ1n) is 7.00. The molecule has 0 aliphatic heterocycles. The van der Waals surface area contributed by atoms with Crippen LogP contribution in [0.5, 0.6) is 0 Å². The quantitative estimate of drug-likeness (QED) is 0.859. The summed E-state index contributed by atoms with van der Waals surface area (Å²) < 4.78 is 27.6. The van der Waals surface area contributed by atoms with E-state index in [1.807, 2.05) is 0 Å². The molecule has 0 saturated heterocycles. The number of nitrogens with one attached hydrogen (secondary N) is 2. The van der Waals surface area contributed by atoms with Gasteiger partial charge in [-0.25, -0.2) is 8.42 Å². The van der Waals surface area contributed by atoms with E-state index in [-0.39, 0.29) is 10.8 Å². The number of rotatable bonds is 5. The highest BCUT2D eigenvalue weighted by atomic mass is 35.5. The van der Waals surface area contributed by atoms with Gasteiger partial charge in [0, 0.05) is 22.8 Å². The third-order valence-corrected chi connectivity index (χ3v) is 4.95. The second-order valence-corrected chi connectivity index (χ2v) is 7.08. The van der Waals surface area contributed by atoms with Crippen molar-refractivity contribution >= 4 is 38.9 Å². The van der Waals surface area contributed by atoms with Gasteiger partial charge in [0.25, 0.3) is 10.0 Å². The van der Waals surface area contributed by atoms with E-state index in [0.717, 1.165) is 0 Å². The number of benzene rings is 2. The van der Waals surface area contributed by atoms with Crippen molar-refractivity contribution in [2.75, 3.05) is 10.0 Å². The molecule has 2 aromatic carbocycles. The van der Waals surface area contributed by atoms with Crippen LogP contribution in [0.2, 0.25) is 5.02 Å². The molecule has 0 aromatic heterocycles. The van der Waals surface area contributed by atoms with E-state index >= 15 is 0 Å². The Balaban J connectivity index is 2.32. The lowest BCUT2D eigenvalue weighted by molar-refractivity contribution is -0.115. The van der Waals surface area contributed by atoms with Crippen LogP contribution < -0.4 is 10.0 Å². The fourth-order valence-corrected chi connectivity index (χ4v) is 3.40. The van der Waals surface area contributed by atoms with Gasteiger partial charge in [0.2, 0.25) is 5.91 Å². The second-order valence-electron chi connectivity index (χ2n) is 4.99. The molecule has 122 valence electrons. The minimum absolute atomic E-state index is 0.112. The van der Waals surface area contributed by atoms with Gasteiger partial charge in [-0.15, -0.1) is 0 Å². The highest BCUT2D eigenvalue weighted by Crippen LogP contribution is 2.23. The number of halogens is 1. The van der Waals surface area contributed by atoms with Crippen LogP contribution in [0.1, 0.15) is 18.9 Å². The lowest BCUT2D eigenvalue weighted by atomic mass is 10.2. The summed E-state index contributed by atoms with van der Waals surface area (Å²) >= 11 is 5.79. The Hall–Kier alpha value is -2.05. The van der Waals surface area contributed by atoms with Crippen molar-refractivity contribution in [3.8, 4) is 0 Å². The van der Waals surface area contributed by atoms with Crippen molar-refractivity contribution < 1.29 is 13.2 Å². The molecule has 0 radical (unpaired) electrons. The van der Waals surface area contributed by atoms with Gasteiger partial charge < -0.3 is 5.32 Å². The van der Waals surface area contributed by atoms with E-state index in [1.54, 1.807) is 50.2 Å². The standard InChI is InChI=1S/C16H17ClN2O3S/c1-3-16(20)18-14-7-4-11(2)15(10-14)23(21,22)19-13-8-5-12(17)6-9-13/h4-10,19H,3H2,1-2H3,(H,18,20). The van der Waals surface area contributed by atoms with Crippen LogP contribution in [0.25, 0.3) is 0 Å². The summed E-state index contributed by atoms with van der Waals surface area (Å²) in [7, 11) is -3.77. The molecule has 0 bridgehead atoms. The van der Waals surface area contributed by atoms with Gasteiger partial charge in [-0.2, -0.15) is 0 Å². The molecule has 2 rings (SSSR count). The molecule has 0 atom stereocenters. The lowest BCUT2D eigenvalue weighted by Crippen LogP contribution is -2.15. The van der Waals surface area contributed by atoms with Crippen LogP contribution in [0.3, 0.4) is 0 Å². The molecule has 0 aliphatic rings. The molecule has 23 heavy (non-hydrogen) atoms. The number of anilines is 2. The predicted molar refractivity (Wildman–Crippen MR) is 92.4 cm³/mol. The number of carbonyl (C=O) groups excluding carboxylic acids is 1. The van der Waals surface area contributed by atoms with Crippen LogP contribution in [0.15, 0.2) is 47.4 Å². The fourth-order valence-electron chi connectivity index (χ4n) is 1.94. The number of hydrogen-bond acceptors (Lipinski definition) is 3. The van der Waals surface area contributed by atoms with Crippen molar-refractivity contribution in [1.82, 2.24) is 0 Å². The summed E-state index contributed by atoms with van der Waals surface area (Å²) in [6.45, 7) is 3.42. The van der Waals surface area contributed by atoms with E-state index in [4.69, 9.17) is 11.6 Å². The molecule has 2 N–H and O–H groups in total. The molecule has 1 amide bonds.